The first kappa shape index (κ1) is 9.88. The summed E-state index contributed by atoms with van der Waals surface area (Å²) < 4.78 is 0. The first-order valence-corrected chi connectivity index (χ1v) is 3.77. The molecule has 3 nitrogen and oxygen atoms in total. The van der Waals surface area contributed by atoms with Gasteiger partial charge in [0.15, 0.2) is 0 Å². The molecule has 1 radical (unpaired) electrons. The molecule has 0 aromatic rings. The predicted octanol–water partition coefficient (Wildman–Crippen LogP) is 0.467. The van der Waals surface area contributed by atoms with Gasteiger partial charge in [0.05, 0.1) is 6.61 Å². The summed E-state index contributed by atoms with van der Waals surface area (Å²) in [6, 6.07) is 0. The second-order valence-electron chi connectivity index (χ2n) is 2.22. The molecule has 0 aromatic carbocycles. The van der Waals surface area contributed by atoms with Crippen LogP contribution in [0.1, 0.15) is 20.3 Å². The standard InChI is InChI=1S/C7H16NO2/c1-3-7(10)8(4-2)5-6-9/h7,9H,3-6H2,1-2H3. The van der Waals surface area contributed by atoms with Crippen LogP contribution in [0.5, 0.6) is 0 Å². The van der Waals surface area contributed by atoms with Crippen molar-refractivity contribution in [2.45, 2.75) is 26.5 Å². The van der Waals surface area contributed by atoms with E-state index in [-0.39, 0.29) is 6.61 Å². The van der Waals surface area contributed by atoms with Crippen molar-refractivity contribution in [2.24, 2.45) is 0 Å². The lowest BCUT2D eigenvalue weighted by Crippen LogP contribution is -2.35. The fraction of sp³-hybridized carbons (Fsp3) is 1.00. The van der Waals surface area contributed by atoms with E-state index in [9.17, 15) is 5.11 Å². The summed E-state index contributed by atoms with van der Waals surface area (Å²) in [7, 11) is 0. The van der Waals surface area contributed by atoms with E-state index in [0.29, 0.717) is 13.0 Å². The Morgan fingerprint density at radius 1 is 1.50 bits per heavy atom. The molecule has 0 rings (SSSR count). The molecule has 0 aromatic heterocycles. The third kappa shape index (κ3) is 3.15. The van der Waals surface area contributed by atoms with Crippen molar-refractivity contribution in [2.75, 3.05) is 19.7 Å². The molecule has 0 aliphatic heterocycles. The zero-order chi connectivity index (χ0) is 7.98. The van der Waals surface area contributed by atoms with Gasteiger partial charge in [0, 0.05) is 6.54 Å². The highest BCUT2D eigenvalue weighted by atomic mass is 16.3. The van der Waals surface area contributed by atoms with Gasteiger partial charge in [-0.3, -0.25) is 4.90 Å². The summed E-state index contributed by atoms with van der Waals surface area (Å²) in [4.78, 5) is 1.72. The third-order valence-corrected chi connectivity index (χ3v) is 1.55. The lowest BCUT2D eigenvalue weighted by Gasteiger charge is -2.22. The highest BCUT2D eigenvalue weighted by Crippen LogP contribution is 1.99. The lowest BCUT2D eigenvalue weighted by atomic mass is 10.3. The van der Waals surface area contributed by atoms with E-state index in [1.807, 2.05) is 13.8 Å². The number of nitrogens with zero attached hydrogens (tertiary/aromatic N) is 1. The average Bonchev–Trinajstić information content (AvgIpc) is 1.99. The van der Waals surface area contributed by atoms with Crippen LogP contribution in [-0.4, -0.2) is 35.9 Å². The molecular weight excluding hydrogens is 130 g/mol. The van der Waals surface area contributed by atoms with Gasteiger partial charge in [0.2, 0.25) is 0 Å². The van der Waals surface area contributed by atoms with Gasteiger partial charge in [-0.05, 0) is 13.0 Å². The molecule has 0 saturated carbocycles. The fourth-order valence-corrected chi connectivity index (χ4v) is 0.892. The van der Waals surface area contributed by atoms with Crippen LogP contribution in [0.4, 0.5) is 0 Å². The smallest absolute Gasteiger partial charge is 0.146 e. The summed E-state index contributed by atoms with van der Waals surface area (Å²) in [6.45, 7) is 5.08. The quantitative estimate of drug-likeness (QED) is 0.573. The monoisotopic (exact) mass is 146 g/mol. The molecule has 0 fully saturated rings. The number of aliphatic hydroxyl groups excluding tert-OH is 1. The van der Waals surface area contributed by atoms with Crippen molar-refractivity contribution in [3.8, 4) is 0 Å². The van der Waals surface area contributed by atoms with Crippen molar-refractivity contribution in [3.63, 3.8) is 0 Å². The fourth-order valence-electron chi connectivity index (χ4n) is 0.892. The van der Waals surface area contributed by atoms with Gasteiger partial charge in [0.1, 0.15) is 6.23 Å². The van der Waals surface area contributed by atoms with E-state index >= 15 is 0 Å². The van der Waals surface area contributed by atoms with E-state index in [1.54, 1.807) is 4.90 Å². The minimum Gasteiger partial charge on any atom is -0.395 e. The molecule has 0 bridgehead atoms. The summed E-state index contributed by atoms with van der Waals surface area (Å²) in [5.74, 6) is 0. The molecule has 0 aliphatic rings. The topological polar surface area (TPSA) is 43.4 Å². The minimum absolute atomic E-state index is 0.0760. The Labute approximate surface area is 62.3 Å². The lowest BCUT2D eigenvalue weighted by molar-refractivity contribution is -0.0535. The van der Waals surface area contributed by atoms with Gasteiger partial charge in [-0.15, -0.1) is 0 Å². The third-order valence-electron chi connectivity index (χ3n) is 1.55. The predicted molar refractivity (Wildman–Crippen MR) is 39.1 cm³/mol. The Hall–Kier alpha value is -0.120. The molecule has 1 unspecified atom stereocenters. The van der Waals surface area contributed by atoms with Crippen molar-refractivity contribution in [1.29, 1.82) is 0 Å². The SMILES string of the molecule is CCC([O])N(CC)CCO. The van der Waals surface area contributed by atoms with Crippen LogP contribution < -0.4 is 0 Å². The van der Waals surface area contributed by atoms with E-state index in [2.05, 4.69) is 0 Å². The number of hydrogen-bond donors (Lipinski definition) is 1. The maximum absolute atomic E-state index is 11.0. The van der Waals surface area contributed by atoms with Crippen molar-refractivity contribution in [3.05, 3.63) is 0 Å². The summed E-state index contributed by atoms with van der Waals surface area (Å²) >= 11 is 0. The first-order valence-electron chi connectivity index (χ1n) is 3.77. The molecule has 0 saturated heterocycles. The molecule has 0 heterocycles. The molecule has 1 atom stereocenters. The van der Waals surface area contributed by atoms with E-state index < -0.39 is 6.23 Å². The second-order valence-corrected chi connectivity index (χ2v) is 2.22. The van der Waals surface area contributed by atoms with Crippen LogP contribution >= 0.6 is 0 Å². The van der Waals surface area contributed by atoms with Crippen molar-refractivity contribution < 1.29 is 10.2 Å². The van der Waals surface area contributed by atoms with Gasteiger partial charge in [0.25, 0.3) is 0 Å². The van der Waals surface area contributed by atoms with Crippen molar-refractivity contribution in [1.82, 2.24) is 4.90 Å². The normalized spacial score (nSPS) is 14.1. The Bertz CT molecular complexity index is 78.0. The van der Waals surface area contributed by atoms with Gasteiger partial charge >= 0.3 is 0 Å². The van der Waals surface area contributed by atoms with Crippen LogP contribution in [0, 0.1) is 0 Å². The summed E-state index contributed by atoms with van der Waals surface area (Å²) in [5, 5.41) is 19.6. The van der Waals surface area contributed by atoms with Gasteiger partial charge in [-0.25, -0.2) is 5.11 Å². The number of aliphatic hydroxyl groups is 1. The molecule has 1 N–H and O–H groups in total. The van der Waals surface area contributed by atoms with Gasteiger partial charge in [-0.1, -0.05) is 13.8 Å². The number of hydrogen-bond acceptors (Lipinski definition) is 2. The van der Waals surface area contributed by atoms with Crippen molar-refractivity contribution >= 4 is 0 Å². The van der Waals surface area contributed by atoms with Gasteiger partial charge in [-0.2, -0.15) is 0 Å². The Morgan fingerprint density at radius 3 is 2.40 bits per heavy atom. The Balaban J connectivity index is 3.56. The maximum atomic E-state index is 11.0. The highest BCUT2D eigenvalue weighted by molar-refractivity contribution is 4.56. The molecule has 0 spiro atoms. The molecule has 61 valence electrons. The van der Waals surface area contributed by atoms with Crippen LogP contribution in [0.3, 0.4) is 0 Å². The maximum Gasteiger partial charge on any atom is 0.146 e. The Kier molecular flexibility index (Phi) is 5.58. The molecule has 0 amide bonds. The molecule has 0 aliphatic carbocycles. The Morgan fingerprint density at radius 2 is 2.10 bits per heavy atom. The zero-order valence-corrected chi connectivity index (χ0v) is 6.71. The largest absolute Gasteiger partial charge is 0.395 e. The number of likely N-dealkylation sites (N-methyl/N-ethyl adjacent to an activating group) is 1. The second kappa shape index (κ2) is 5.65. The molecule has 10 heavy (non-hydrogen) atoms. The highest BCUT2D eigenvalue weighted by Gasteiger charge is 2.11. The van der Waals surface area contributed by atoms with E-state index in [4.69, 9.17) is 5.11 Å². The van der Waals surface area contributed by atoms with Crippen LogP contribution in [-0.2, 0) is 5.11 Å². The molecule has 3 heteroatoms. The van der Waals surface area contributed by atoms with Crippen LogP contribution in [0.15, 0.2) is 0 Å². The zero-order valence-electron chi connectivity index (χ0n) is 6.71. The first-order chi connectivity index (χ1) is 4.76. The summed E-state index contributed by atoms with van der Waals surface area (Å²) in [5.41, 5.74) is 0. The van der Waals surface area contributed by atoms with Crippen LogP contribution in [0.25, 0.3) is 0 Å². The van der Waals surface area contributed by atoms with E-state index in [1.165, 1.54) is 0 Å². The number of rotatable bonds is 5. The summed E-state index contributed by atoms with van der Waals surface area (Å²) in [6.07, 6.45) is -0.0365. The van der Waals surface area contributed by atoms with Gasteiger partial charge < -0.3 is 5.11 Å². The minimum atomic E-state index is -0.642. The average molecular weight is 146 g/mol. The molecular formula is C7H16NO2. The van der Waals surface area contributed by atoms with E-state index in [0.717, 1.165) is 6.54 Å². The van der Waals surface area contributed by atoms with Crippen LogP contribution in [0.2, 0.25) is 0 Å².